The van der Waals surface area contributed by atoms with Crippen molar-refractivity contribution in [2.45, 2.75) is 4.90 Å². The van der Waals surface area contributed by atoms with E-state index in [9.17, 15) is 8.42 Å². The zero-order valence-electron chi connectivity index (χ0n) is 10.4. The quantitative estimate of drug-likeness (QED) is 0.829. The number of nitrogens with zero attached hydrogens (tertiary/aromatic N) is 2. The first-order valence-corrected chi connectivity index (χ1v) is 7.68. The molecule has 0 aliphatic carbocycles. The smallest absolute Gasteiger partial charge is 0.263 e. The average molecular weight is 331 g/mol. The fourth-order valence-corrected chi connectivity index (χ4v) is 3.13. The third kappa shape index (κ3) is 3.09. The summed E-state index contributed by atoms with van der Waals surface area (Å²) in [5.41, 5.74) is 5.90. The normalized spacial score (nSPS) is 11.3. The van der Waals surface area contributed by atoms with Gasteiger partial charge < -0.3 is 5.73 Å². The van der Waals surface area contributed by atoms with E-state index in [0.29, 0.717) is 5.56 Å². The number of sulfonamides is 1. The van der Waals surface area contributed by atoms with E-state index in [1.54, 1.807) is 19.3 Å². The molecule has 0 radical (unpaired) electrons. The first kappa shape index (κ1) is 14.8. The monoisotopic (exact) mass is 330 g/mol. The summed E-state index contributed by atoms with van der Waals surface area (Å²) in [6.07, 6.45) is 1.63. The Morgan fingerprint density at radius 3 is 2.65 bits per heavy atom. The van der Waals surface area contributed by atoms with Crippen LogP contribution in [0.2, 0.25) is 5.02 Å². The summed E-state index contributed by atoms with van der Waals surface area (Å²) in [5, 5.41) is 4.12. The Hall–Kier alpha value is -1.64. The highest BCUT2D eigenvalue weighted by atomic mass is 35.5. The van der Waals surface area contributed by atoms with E-state index >= 15 is 0 Å². The van der Waals surface area contributed by atoms with Crippen LogP contribution in [0.15, 0.2) is 35.4 Å². The van der Waals surface area contributed by atoms with Crippen LogP contribution in [-0.2, 0) is 17.1 Å². The topological polar surface area (TPSA) is 90.0 Å². The molecule has 1 aromatic heterocycles. The summed E-state index contributed by atoms with van der Waals surface area (Å²) >= 11 is 10.8. The predicted octanol–water partition coefficient (Wildman–Crippen LogP) is 1.51. The van der Waals surface area contributed by atoms with Crippen molar-refractivity contribution in [2.24, 2.45) is 12.8 Å². The predicted molar refractivity (Wildman–Crippen MR) is 81.4 cm³/mol. The highest BCUT2D eigenvalue weighted by molar-refractivity contribution is 7.92. The maximum Gasteiger partial charge on any atom is 0.263 e. The molecule has 2 rings (SSSR count). The van der Waals surface area contributed by atoms with Gasteiger partial charge in [-0.05, 0) is 18.2 Å². The van der Waals surface area contributed by atoms with E-state index in [4.69, 9.17) is 29.6 Å². The van der Waals surface area contributed by atoms with Crippen molar-refractivity contribution >= 4 is 44.6 Å². The Morgan fingerprint density at radius 1 is 1.45 bits per heavy atom. The lowest BCUT2D eigenvalue weighted by molar-refractivity contribution is 0.601. The summed E-state index contributed by atoms with van der Waals surface area (Å²) < 4.78 is 28.2. The van der Waals surface area contributed by atoms with Crippen molar-refractivity contribution in [2.75, 3.05) is 4.72 Å². The lowest BCUT2D eigenvalue weighted by atomic mass is 10.2. The van der Waals surface area contributed by atoms with Crippen molar-refractivity contribution in [3.63, 3.8) is 0 Å². The van der Waals surface area contributed by atoms with Gasteiger partial charge in [-0.2, -0.15) is 5.10 Å². The maximum atomic E-state index is 12.2. The minimum atomic E-state index is -3.76. The Balaban J connectivity index is 2.35. The zero-order valence-corrected chi connectivity index (χ0v) is 12.8. The summed E-state index contributed by atoms with van der Waals surface area (Å²) in [6.45, 7) is 0. The van der Waals surface area contributed by atoms with E-state index in [0.717, 1.165) is 0 Å². The summed E-state index contributed by atoms with van der Waals surface area (Å²) in [7, 11) is -2.07. The molecule has 1 heterocycles. The van der Waals surface area contributed by atoms with Crippen molar-refractivity contribution in [3.05, 3.63) is 41.0 Å². The number of nitrogens with two attached hydrogens (primary N) is 1. The Morgan fingerprint density at radius 2 is 2.15 bits per heavy atom. The highest BCUT2D eigenvalue weighted by Crippen LogP contribution is 2.22. The van der Waals surface area contributed by atoms with E-state index < -0.39 is 10.0 Å². The molecule has 0 unspecified atom stereocenters. The number of aryl methyl sites for hydroxylation is 1. The SMILES string of the molecule is Cn1ccc(NS(=O)(=O)c2ccc(C(N)=S)c(Cl)c2)n1. The molecule has 1 aromatic carbocycles. The molecule has 3 N–H and O–H groups in total. The molecule has 0 aliphatic heterocycles. The molecule has 20 heavy (non-hydrogen) atoms. The van der Waals surface area contributed by atoms with Crippen molar-refractivity contribution in [3.8, 4) is 0 Å². The minimum Gasteiger partial charge on any atom is -0.389 e. The van der Waals surface area contributed by atoms with Crippen molar-refractivity contribution in [1.29, 1.82) is 0 Å². The lowest BCUT2D eigenvalue weighted by Crippen LogP contribution is -2.15. The second-order valence-electron chi connectivity index (χ2n) is 3.99. The van der Waals surface area contributed by atoms with Crippen LogP contribution < -0.4 is 10.5 Å². The van der Waals surface area contributed by atoms with Gasteiger partial charge >= 0.3 is 0 Å². The van der Waals surface area contributed by atoms with Crippen molar-refractivity contribution in [1.82, 2.24) is 9.78 Å². The fraction of sp³-hybridized carbons (Fsp3) is 0.0909. The second-order valence-corrected chi connectivity index (χ2v) is 6.52. The van der Waals surface area contributed by atoms with Gasteiger partial charge in [0, 0.05) is 24.9 Å². The number of anilines is 1. The maximum absolute atomic E-state index is 12.2. The average Bonchev–Trinajstić information content (AvgIpc) is 2.73. The largest absolute Gasteiger partial charge is 0.389 e. The van der Waals surface area contributed by atoms with Crippen LogP contribution in [0.1, 0.15) is 5.56 Å². The van der Waals surface area contributed by atoms with Crippen LogP contribution in [0, 0.1) is 0 Å². The number of halogens is 1. The lowest BCUT2D eigenvalue weighted by Gasteiger charge is -2.08. The number of thiocarbonyl (C=S) groups is 1. The van der Waals surface area contributed by atoms with Crippen LogP contribution in [-0.4, -0.2) is 23.2 Å². The molecule has 0 saturated heterocycles. The standard InChI is InChI=1S/C11H11ClN4O2S2/c1-16-5-4-10(14-16)15-20(17,18)7-2-3-8(11(13)19)9(12)6-7/h2-6H,1H3,(H2,13,19)(H,14,15). The van der Waals surface area contributed by atoms with Gasteiger partial charge in [0.05, 0.1) is 9.92 Å². The van der Waals surface area contributed by atoms with Crippen LogP contribution in [0.4, 0.5) is 5.82 Å². The number of benzene rings is 1. The van der Waals surface area contributed by atoms with Gasteiger partial charge in [0.2, 0.25) is 0 Å². The van der Waals surface area contributed by atoms with E-state index in [2.05, 4.69) is 9.82 Å². The molecular weight excluding hydrogens is 320 g/mol. The van der Waals surface area contributed by atoms with Gasteiger partial charge in [0.15, 0.2) is 5.82 Å². The van der Waals surface area contributed by atoms with E-state index in [1.165, 1.54) is 22.9 Å². The zero-order chi connectivity index (χ0) is 14.9. The molecule has 0 saturated carbocycles. The van der Waals surface area contributed by atoms with Crippen molar-refractivity contribution < 1.29 is 8.42 Å². The molecule has 0 fully saturated rings. The number of nitrogens with one attached hydrogen (secondary N) is 1. The molecule has 0 spiro atoms. The second kappa shape index (κ2) is 5.39. The number of rotatable bonds is 4. The summed E-state index contributed by atoms with van der Waals surface area (Å²) in [6, 6.07) is 5.69. The molecule has 0 amide bonds. The van der Waals surface area contributed by atoms with Gasteiger partial charge in [-0.3, -0.25) is 9.40 Å². The molecule has 106 valence electrons. The van der Waals surface area contributed by atoms with Crippen LogP contribution in [0.25, 0.3) is 0 Å². The molecule has 2 aromatic rings. The third-order valence-electron chi connectivity index (χ3n) is 2.47. The first-order valence-electron chi connectivity index (χ1n) is 5.41. The molecule has 0 bridgehead atoms. The molecule has 9 heteroatoms. The van der Waals surface area contributed by atoms with Gasteiger partial charge in [-0.25, -0.2) is 8.42 Å². The molecule has 0 aliphatic rings. The molecule has 0 atom stereocenters. The van der Waals surface area contributed by atoms with Crippen LogP contribution >= 0.6 is 23.8 Å². The van der Waals surface area contributed by atoms with Gasteiger partial charge in [0.1, 0.15) is 4.99 Å². The van der Waals surface area contributed by atoms with Gasteiger partial charge in [-0.1, -0.05) is 23.8 Å². The van der Waals surface area contributed by atoms with Crippen LogP contribution in [0.3, 0.4) is 0 Å². The number of hydrogen-bond donors (Lipinski definition) is 2. The van der Waals surface area contributed by atoms with Gasteiger partial charge in [-0.15, -0.1) is 0 Å². The third-order valence-corrected chi connectivity index (χ3v) is 4.35. The molecular formula is C11H11ClN4O2S2. The Bertz CT molecular complexity index is 770. The fourth-order valence-electron chi connectivity index (χ4n) is 1.53. The number of hydrogen-bond acceptors (Lipinski definition) is 4. The van der Waals surface area contributed by atoms with Crippen LogP contribution in [0.5, 0.6) is 0 Å². The van der Waals surface area contributed by atoms with Gasteiger partial charge in [0.25, 0.3) is 10.0 Å². The Kier molecular flexibility index (Phi) is 3.98. The summed E-state index contributed by atoms with van der Waals surface area (Å²) in [4.78, 5) is 0.116. The minimum absolute atomic E-state index is 0.00755. The van der Waals surface area contributed by atoms with E-state index in [-0.39, 0.29) is 20.7 Å². The first-order chi connectivity index (χ1) is 9.29. The van der Waals surface area contributed by atoms with E-state index in [1.807, 2.05) is 0 Å². The highest BCUT2D eigenvalue weighted by Gasteiger charge is 2.17. The Labute approximate surface area is 126 Å². The summed E-state index contributed by atoms with van der Waals surface area (Å²) in [5.74, 6) is 0.224. The number of aromatic nitrogens is 2. The molecule has 6 nitrogen and oxygen atoms in total.